The zero-order chi connectivity index (χ0) is 13.0. The Morgan fingerprint density at radius 3 is 2.56 bits per heavy atom. The van der Waals surface area contributed by atoms with Gasteiger partial charge in [0.2, 0.25) is 0 Å². The molecule has 0 saturated heterocycles. The number of benzene rings is 2. The number of rotatable bonds is 4. The van der Waals surface area contributed by atoms with Crippen LogP contribution in [0.5, 0.6) is 5.75 Å². The van der Waals surface area contributed by atoms with E-state index in [1.54, 1.807) is 12.1 Å². The van der Waals surface area contributed by atoms with E-state index in [9.17, 15) is 9.50 Å². The molecule has 0 spiro atoms. The molecule has 0 aromatic heterocycles. The first kappa shape index (κ1) is 12.6. The Morgan fingerprint density at radius 2 is 1.89 bits per heavy atom. The minimum atomic E-state index is -0.831. The molecule has 0 aliphatic carbocycles. The highest BCUT2D eigenvalue weighted by Gasteiger charge is 2.09. The van der Waals surface area contributed by atoms with Crippen LogP contribution in [0, 0.1) is 12.7 Å². The molecule has 94 valence electrons. The van der Waals surface area contributed by atoms with Crippen LogP contribution >= 0.6 is 0 Å². The molecule has 2 rings (SSSR count). The second-order valence-electron chi connectivity index (χ2n) is 4.19. The molecule has 2 aromatic carbocycles. The Kier molecular flexibility index (Phi) is 3.95. The Hall–Kier alpha value is -1.87. The van der Waals surface area contributed by atoms with E-state index in [0.717, 1.165) is 5.56 Å². The van der Waals surface area contributed by atoms with Gasteiger partial charge in [-0.25, -0.2) is 4.39 Å². The zero-order valence-electron chi connectivity index (χ0n) is 10.1. The summed E-state index contributed by atoms with van der Waals surface area (Å²) in [7, 11) is 0. The van der Waals surface area contributed by atoms with Crippen molar-refractivity contribution in [2.75, 3.05) is 6.61 Å². The Morgan fingerprint density at radius 1 is 1.17 bits per heavy atom. The van der Waals surface area contributed by atoms with Crippen LogP contribution in [0.4, 0.5) is 4.39 Å². The van der Waals surface area contributed by atoms with Gasteiger partial charge >= 0.3 is 0 Å². The molecular weight excluding hydrogens is 231 g/mol. The molecule has 0 saturated carbocycles. The van der Waals surface area contributed by atoms with Crippen LogP contribution < -0.4 is 4.74 Å². The van der Waals surface area contributed by atoms with E-state index >= 15 is 0 Å². The minimum Gasteiger partial charge on any atom is -0.491 e. The maximum Gasteiger partial charge on any atom is 0.123 e. The van der Waals surface area contributed by atoms with E-state index in [0.29, 0.717) is 11.3 Å². The summed E-state index contributed by atoms with van der Waals surface area (Å²) in [6.45, 7) is 2.10. The number of aliphatic hydroxyl groups excluding tert-OH is 1. The first-order valence-electron chi connectivity index (χ1n) is 5.78. The quantitative estimate of drug-likeness (QED) is 0.897. The fourth-order valence-corrected chi connectivity index (χ4v) is 1.62. The fraction of sp³-hybridized carbons (Fsp3) is 0.200. The second-order valence-corrected chi connectivity index (χ2v) is 4.19. The second kappa shape index (κ2) is 5.65. The highest BCUT2D eigenvalue weighted by Crippen LogP contribution is 2.17. The van der Waals surface area contributed by atoms with E-state index < -0.39 is 6.10 Å². The number of aliphatic hydroxyl groups is 1. The summed E-state index contributed by atoms with van der Waals surface area (Å²) in [5.74, 6) is 0.331. The highest BCUT2D eigenvalue weighted by molar-refractivity contribution is 5.26. The summed E-state index contributed by atoms with van der Waals surface area (Å²) < 4.78 is 18.4. The minimum absolute atomic E-state index is 0.104. The molecule has 0 amide bonds. The van der Waals surface area contributed by atoms with Crippen molar-refractivity contribution in [2.45, 2.75) is 13.0 Å². The first-order chi connectivity index (χ1) is 8.65. The lowest BCUT2D eigenvalue weighted by Gasteiger charge is -2.12. The van der Waals surface area contributed by atoms with Crippen molar-refractivity contribution >= 4 is 0 Å². The van der Waals surface area contributed by atoms with Gasteiger partial charge in [-0.15, -0.1) is 0 Å². The maximum absolute atomic E-state index is 13.0. The molecule has 3 heteroatoms. The monoisotopic (exact) mass is 246 g/mol. The van der Waals surface area contributed by atoms with E-state index in [2.05, 4.69) is 0 Å². The third-order valence-corrected chi connectivity index (χ3v) is 2.66. The lowest BCUT2D eigenvalue weighted by Crippen LogP contribution is -2.09. The molecule has 0 radical (unpaired) electrons. The zero-order valence-corrected chi connectivity index (χ0v) is 10.1. The van der Waals surface area contributed by atoms with Crippen LogP contribution in [-0.4, -0.2) is 11.7 Å². The van der Waals surface area contributed by atoms with Gasteiger partial charge < -0.3 is 9.84 Å². The summed E-state index contributed by atoms with van der Waals surface area (Å²) in [6, 6.07) is 13.4. The van der Waals surface area contributed by atoms with E-state index in [1.165, 1.54) is 12.1 Å². The number of ether oxygens (including phenoxy) is 1. The van der Waals surface area contributed by atoms with Gasteiger partial charge in [-0.05, 0) is 36.8 Å². The van der Waals surface area contributed by atoms with Crippen LogP contribution in [0.25, 0.3) is 0 Å². The topological polar surface area (TPSA) is 29.5 Å². The number of hydrogen-bond acceptors (Lipinski definition) is 2. The van der Waals surface area contributed by atoms with Crippen LogP contribution in [-0.2, 0) is 0 Å². The van der Waals surface area contributed by atoms with Crippen molar-refractivity contribution in [1.82, 2.24) is 0 Å². The van der Waals surface area contributed by atoms with Crippen molar-refractivity contribution < 1.29 is 14.2 Å². The Labute approximate surface area is 106 Å². The number of aryl methyl sites for hydroxylation is 1. The van der Waals surface area contributed by atoms with Gasteiger partial charge in [0, 0.05) is 0 Å². The van der Waals surface area contributed by atoms with Crippen molar-refractivity contribution in [3.05, 3.63) is 65.5 Å². The van der Waals surface area contributed by atoms with Crippen LogP contribution in [0.1, 0.15) is 17.2 Å². The van der Waals surface area contributed by atoms with Crippen LogP contribution in [0.15, 0.2) is 48.5 Å². The van der Waals surface area contributed by atoms with Crippen LogP contribution in [0.3, 0.4) is 0 Å². The molecule has 0 aliphatic heterocycles. The molecule has 2 aromatic rings. The number of halogens is 1. The predicted molar refractivity (Wildman–Crippen MR) is 68.0 cm³/mol. The maximum atomic E-state index is 13.0. The van der Waals surface area contributed by atoms with Crippen molar-refractivity contribution in [3.63, 3.8) is 0 Å². The molecule has 0 aliphatic rings. The average molecular weight is 246 g/mol. The molecule has 1 unspecified atom stereocenters. The first-order valence-corrected chi connectivity index (χ1v) is 5.78. The molecule has 0 bridgehead atoms. The van der Waals surface area contributed by atoms with E-state index in [1.807, 2.05) is 31.2 Å². The smallest absolute Gasteiger partial charge is 0.123 e. The van der Waals surface area contributed by atoms with Crippen LogP contribution in [0.2, 0.25) is 0 Å². The summed E-state index contributed by atoms with van der Waals surface area (Å²) in [5, 5.41) is 9.87. The van der Waals surface area contributed by atoms with Gasteiger partial charge in [0.1, 0.15) is 24.3 Å². The summed E-state index contributed by atoms with van der Waals surface area (Å²) >= 11 is 0. The lowest BCUT2D eigenvalue weighted by atomic mass is 10.1. The van der Waals surface area contributed by atoms with Gasteiger partial charge in [-0.2, -0.15) is 0 Å². The largest absolute Gasteiger partial charge is 0.491 e. The summed E-state index contributed by atoms with van der Waals surface area (Å²) in [6.07, 6.45) is -0.831. The summed E-state index contributed by atoms with van der Waals surface area (Å²) in [4.78, 5) is 0. The van der Waals surface area contributed by atoms with Gasteiger partial charge in [-0.3, -0.25) is 0 Å². The molecule has 0 heterocycles. The summed E-state index contributed by atoms with van der Waals surface area (Å²) in [5.41, 5.74) is 1.66. The molecule has 2 nitrogen and oxygen atoms in total. The Balaban J connectivity index is 1.96. The van der Waals surface area contributed by atoms with Crippen molar-refractivity contribution in [3.8, 4) is 5.75 Å². The third-order valence-electron chi connectivity index (χ3n) is 2.66. The fourth-order valence-electron chi connectivity index (χ4n) is 1.62. The molecule has 1 N–H and O–H groups in total. The highest BCUT2D eigenvalue weighted by atomic mass is 19.1. The molecule has 0 fully saturated rings. The molecular formula is C15H15FO2. The van der Waals surface area contributed by atoms with Gasteiger partial charge in [-0.1, -0.05) is 29.8 Å². The lowest BCUT2D eigenvalue weighted by molar-refractivity contribution is 0.108. The average Bonchev–Trinajstić information content (AvgIpc) is 2.38. The van der Waals surface area contributed by atoms with Gasteiger partial charge in [0.15, 0.2) is 0 Å². The molecule has 1 atom stereocenters. The Bertz CT molecular complexity index is 508. The van der Waals surface area contributed by atoms with Gasteiger partial charge in [0.05, 0.1) is 0 Å². The van der Waals surface area contributed by atoms with Crippen molar-refractivity contribution in [1.29, 1.82) is 0 Å². The van der Waals surface area contributed by atoms with E-state index in [-0.39, 0.29) is 12.4 Å². The predicted octanol–water partition coefficient (Wildman–Crippen LogP) is 3.25. The van der Waals surface area contributed by atoms with E-state index in [4.69, 9.17) is 4.74 Å². The SMILES string of the molecule is Cc1ccc(OCC(O)c2cccc(F)c2)cc1. The third kappa shape index (κ3) is 3.31. The standard InChI is InChI=1S/C15H15FO2/c1-11-5-7-14(8-6-11)18-10-15(17)12-3-2-4-13(16)9-12/h2-9,15,17H,10H2,1H3. The normalized spacial score (nSPS) is 12.2. The number of hydrogen-bond donors (Lipinski definition) is 1. The van der Waals surface area contributed by atoms with Gasteiger partial charge in [0.25, 0.3) is 0 Å². The molecule has 18 heavy (non-hydrogen) atoms. The van der Waals surface area contributed by atoms with Crippen molar-refractivity contribution in [2.24, 2.45) is 0 Å².